The minimum Gasteiger partial charge on any atom is -0.462 e. The van der Waals surface area contributed by atoms with Crippen molar-refractivity contribution in [2.45, 2.75) is 26.7 Å². The lowest BCUT2D eigenvalue weighted by Crippen LogP contribution is -2.36. The third-order valence-corrected chi connectivity index (χ3v) is 5.18. The van der Waals surface area contributed by atoms with E-state index in [9.17, 15) is 9.59 Å². The van der Waals surface area contributed by atoms with E-state index in [0.717, 1.165) is 50.5 Å². The van der Waals surface area contributed by atoms with Gasteiger partial charge in [0.05, 0.1) is 18.7 Å². The average molecular weight is 411 g/mol. The lowest BCUT2D eigenvalue weighted by molar-refractivity contribution is -0.117. The van der Waals surface area contributed by atoms with E-state index in [-0.39, 0.29) is 11.9 Å². The smallest absolute Gasteiger partial charge is 0.339 e. The molecule has 1 saturated heterocycles. The first-order valence-electron chi connectivity index (χ1n) is 10.6. The van der Waals surface area contributed by atoms with Crippen LogP contribution in [-0.4, -0.2) is 61.1 Å². The minimum absolute atomic E-state index is 0.00427. The van der Waals surface area contributed by atoms with E-state index in [0.29, 0.717) is 18.7 Å². The van der Waals surface area contributed by atoms with Crippen LogP contribution in [0.3, 0.4) is 0 Å². The summed E-state index contributed by atoms with van der Waals surface area (Å²) < 4.78 is 5.00. The summed E-state index contributed by atoms with van der Waals surface area (Å²) in [5.41, 5.74) is 2.55. The number of hydrogen-bond donors (Lipinski definition) is 1. The highest BCUT2D eigenvalue weighted by atomic mass is 16.5. The van der Waals surface area contributed by atoms with Crippen molar-refractivity contribution in [3.05, 3.63) is 53.7 Å². The van der Waals surface area contributed by atoms with Gasteiger partial charge in [0.25, 0.3) is 0 Å². The van der Waals surface area contributed by atoms with E-state index >= 15 is 0 Å². The Bertz CT molecular complexity index is 837. The third-order valence-electron chi connectivity index (χ3n) is 5.18. The van der Waals surface area contributed by atoms with Gasteiger partial charge in [0.2, 0.25) is 5.91 Å². The standard InChI is InChI=1S/C23H30N4O3/c1-3-18-6-9-20(10-7-18)25-22(28)17-26-12-5-13-27(15-14-26)21-11-8-19(16-24-21)23(29)30-4-2/h6-11,16H,3-5,12-15,17H2,1-2H3,(H,25,28). The highest BCUT2D eigenvalue weighted by molar-refractivity contribution is 5.92. The summed E-state index contributed by atoms with van der Waals surface area (Å²) in [6, 6.07) is 11.6. The van der Waals surface area contributed by atoms with E-state index in [1.807, 2.05) is 30.3 Å². The number of aryl methyl sites for hydroxylation is 1. The van der Waals surface area contributed by atoms with Crippen LogP contribution in [0.1, 0.15) is 36.2 Å². The van der Waals surface area contributed by atoms with Gasteiger partial charge in [-0.3, -0.25) is 9.69 Å². The van der Waals surface area contributed by atoms with Crippen molar-refractivity contribution in [2.75, 3.05) is 49.5 Å². The molecule has 2 heterocycles. The molecule has 2 aromatic rings. The van der Waals surface area contributed by atoms with Crippen molar-refractivity contribution >= 4 is 23.4 Å². The maximum absolute atomic E-state index is 12.4. The first-order chi connectivity index (χ1) is 14.6. The van der Waals surface area contributed by atoms with Gasteiger partial charge in [-0.2, -0.15) is 0 Å². The summed E-state index contributed by atoms with van der Waals surface area (Å²) in [7, 11) is 0. The summed E-state index contributed by atoms with van der Waals surface area (Å²) in [6.45, 7) is 7.90. The maximum atomic E-state index is 12.4. The molecule has 0 bridgehead atoms. The van der Waals surface area contributed by atoms with Crippen LogP contribution in [0.4, 0.5) is 11.5 Å². The van der Waals surface area contributed by atoms with Crippen LogP contribution in [0, 0.1) is 0 Å². The van der Waals surface area contributed by atoms with Gasteiger partial charge in [0.1, 0.15) is 5.82 Å². The number of anilines is 2. The molecule has 1 amide bonds. The first-order valence-corrected chi connectivity index (χ1v) is 10.6. The number of esters is 1. The molecule has 1 aliphatic heterocycles. The molecular weight excluding hydrogens is 380 g/mol. The molecule has 1 aromatic heterocycles. The summed E-state index contributed by atoms with van der Waals surface area (Å²) in [4.78, 5) is 33.0. The predicted molar refractivity (Wildman–Crippen MR) is 118 cm³/mol. The zero-order valence-electron chi connectivity index (χ0n) is 17.8. The fourth-order valence-corrected chi connectivity index (χ4v) is 3.49. The van der Waals surface area contributed by atoms with Gasteiger partial charge >= 0.3 is 5.97 Å². The number of ether oxygens (including phenoxy) is 1. The Morgan fingerprint density at radius 1 is 1.03 bits per heavy atom. The van der Waals surface area contributed by atoms with Crippen molar-refractivity contribution in [1.82, 2.24) is 9.88 Å². The average Bonchev–Trinajstić information content (AvgIpc) is 3.00. The molecule has 7 nitrogen and oxygen atoms in total. The van der Waals surface area contributed by atoms with Crippen LogP contribution in [0.25, 0.3) is 0 Å². The normalized spacial score (nSPS) is 14.8. The molecule has 0 saturated carbocycles. The van der Waals surface area contributed by atoms with Crippen molar-refractivity contribution in [3.8, 4) is 0 Å². The Morgan fingerprint density at radius 3 is 2.50 bits per heavy atom. The molecule has 0 atom stereocenters. The highest BCUT2D eigenvalue weighted by Crippen LogP contribution is 2.15. The van der Waals surface area contributed by atoms with Crippen molar-refractivity contribution in [1.29, 1.82) is 0 Å². The van der Waals surface area contributed by atoms with Gasteiger partial charge in [-0.05, 0) is 49.6 Å². The zero-order chi connectivity index (χ0) is 21.3. The summed E-state index contributed by atoms with van der Waals surface area (Å²) in [5.74, 6) is 0.490. The molecule has 1 fully saturated rings. The van der Waals surface area contributed by atoms with E-state index in [1.165, 1.54) is 5.56 Å². The summed E-state index contributed by atoms with van der Waals surface area (Å²) in [5, 5.41) is 2.98. The van der Waals surface area contributed by atoms with E-state index < -0.39 is 0 Å². The monoisotopic (exact) mass is 410 g/mol. The number of aromatic nitrogens is 1. The second kappa shape index (κ2) is 10.7. The van der Waals surface area contributed by atoms with Crippen LogP contribution < -0.4 is 10.2 Å². The molecule has 1 aromatic carbocycles. The molecule has 1 N–H and O–H groups in total. The molecule has 0 unspecified atom stereocenters. The number of carbonyl (C=O) groups is 2. The predicted octanol–water partition coefficient (Wildman–Crippen LogP) is 2.97. The number of pyridine rings is 1. The summed E-state index contributed by atoms with van der Waals surface area (Å²) >= 11 is 0. The number of rotatable bonds is 7. The molecule has 30 heavy (non-hydrogen) atoms. The lowest BCUT2D eigenvalue weighted by atomic mass is 10.1. The topological polar surface area (TPSA) is 74.8 Å². The van der Waals surface area contributed by atoms with Gasteiger partial charge in [-0.15, -0.1) is 0 Å². The number of benzene rings is 1. The Labute approximate surface area is 178 Å². The van der Waals surface area contributed by atoms with Crippen molar-refractivity contribution in [2.24, 2.45) is 0 Å². The third kappa shape index (κ3) is 6.03. The highest BCUT2D eigenvalue weighted by Gasteiger charge is 2.18. The van der Waals surface area contributed by atoms with E-state index in [1.54, 1.807) is 19.2 Å². The molecule has 1 aliphatic rings. The quantitative estimate of drug-likeness (QED) is 0.708. The zero-order valence-corrected chi connectivity index (χ0v) is 17.8. The van der Waals surface area contributed by atoms with Gasteiger partial charge in [-0.1, -0.05) is 19.1 Å². The van der Waals surface area contributed by atoms with E-state index in [2.05, 4.69) is 27.0 Å². The Hall–Kier alpha value is -2.93. The van der Waals surface area contributed by atoms with Crippen LogP contribution in [0.2, 0.25) is 0 Å². The minimum atomic E-state index is -0.353. The molecule has 0 radical (unpaired) electrons. The fourth-order valence-electron chi connectivity index (χ4n) is 3.49. The Morgan fingerprint density at radius 2 is 1.83 bits per heavy atom. The molecule has 160 valence electrons. The molecule has 0 spiro atoms. The number of nitrogens with one attached hydrogen (secondary N) is 1. The van der Waals surface area contributed by atoms with Crippen LogP contribution >= 0.6 is 0 Å². The van der Waals surface area contributed by atoms with Crippen LogP contribution in [-0.2, 0) is 16.0 Å². The van der Waals surface area contributed by atoms with Crippen molar-refractivity contribution < 1.29 is 14.3 Å². The Balaban J connectivity index is 1.50. The number of nitrogens with zero attached hydrogens (tertiary/aromatic N) is 3. The number of carbonyl (C=O) groups excluding carboxylic acids is 2. The first kappa shape index (κ1) is 21.8. The molecule has 0 aliphatic carbocycles. The van der Waals surface area contributed by atoms with Crippen molar-refractivity contribution in [3.63, 3.8) is 0 Å². The van der Waals surface area contributed by atoms with Crippen LogP contribution in [0.15, 0.2) is 42.6 Å². The second-order valence-electron chi connectivity index (χ2n) is 7.34. The summed E-state index contributed by atoms with van der Waals surface area (Å²) in [6.07, 6.45) is 3.49. The lowest BCUT2D eigenvalue weighted by Gasteiger charge is -2.22. The number of hydrogen-bond acceptors (Lipinski definition) is 6. The second-order valence-corrected chi connectivity index (χ2v) is 7.34. The molecule has 7 heteroatoms. The van der Waals surface area contributed by atoms with E-state index in [4.69, 9.17) is 4.74 Å². The van der Waals surface area contributed by atoms with Gasteiger partial charge in [0, 0.05) is 38.1 Å². The fraction of sp³-hybridized carbons (Fsp3) is 0.435. The maximum Gasteiger partial charge on any atom is 0.339 e. The van der Waals surface area contributed by atoms with Gasteiger partial charge < -0.3 is 15.0 Å². The van der Waals surface area contributed by atoms with Gasteiger partial charge in [-0.25, -0.2) is 9.78 Å². The largest absolute Gasteiger partial charge is 0.462 e. The Kier molecular flexibility index (Phi) is 7.79. The SMILES string of the molecule is CCOC(=O)c1ccc(N2CCCN(CC(=O)Nc3ccc(CC)cc3)CC2)nc1. The van der Waals surface area contributed by atoms with Gasteiger partial charge in [0.15, 0.2) is 0 Å². The molecule has 3 rings (SSSR count). The molecular formula is C23H30N4O3. The van der Waals surface area contributed by atoms with Crippen LogP contribution in [0.5, 0.6) is 0 Å². The number of amides is 1.